The van der Waals surface area contributed by atoms with Crippen LogP contribution in [0.3, 0.4) is 0 Å². The van der Waals surface area contributed by atoms with Crippen molar-refractivity contribution in [2.75, 3.05) is 19.6 Å². The van der Waals surface area contributed by atoms with Crippen molar-refractivity contribution in [3.63, 3.8) is 0 Å². The molecule has 0 radical (unpaired) electrons. The summed E-state index contributed by atoms with van der Waals surface area (Å²) in [7, 11) is 0. The van der Waals surface area contributed by atoms with Crippen LogP contribution in [0.1, 0.15) is 18.9 Å². The first-order valence-corrected chi connectivity index (χ1v) is 7.75. The molecule has 1 aromatic rings. The van der Waals surface area contributed by atoms with Gasteiger partial charge in [-0.3, -0.25) is 14.5 Å². The number of amides is 4. The average Bonchev–Trinajstić information content (AvgIpc) is 3.06. The second-order valence-corrected chi connectivity index (χ2v) is 6.34. The van der Waals surface area contributed by atoms with E-state index >= 15 is 0 Å². The van der Waals surface area contributed by atoms with Crippen LogP contribution in [0.4, 0.5) is 9.18 Å². The number of nitrogens with two attached hydrogens (primary N) is 1. The summed E-state index contributed by atoms with van der Waals surface area (Å²) in [5.74, 6) is -1.28. The van der Waals surface area contributed by atoms with Crippen LogP contribution in [0.5, 0.6) is 0 Å². The van der Waals surface area contributed by atoms with Crippen molar-refractivity contribution in [1.82, 2.24) is 15.1 Å². The molecule has 0 saturated carbocycles. The van der Waals surface area contributed by atoms with Crippen LogP contribution >= 0.6 is 12.4 Å². The van der Waals surface area contributed by atoms with E-state index in [-0.39, 0.29) is 30.9 Å². The van der Waals surface area contributed by atoms with Crippen molar-refractivity contribution < 1.29 is 18.8 Å². The fourth-order valence-corrected chi connectivity index (χ4v) is 3.07. The van der Waals surface area contributed by atoms with Gasteiger partial charge >= 0.3 is 6.03 Å². The standard InChI is InChI=1S/C16H19FN4O3.ClH/c1-16(10-2-4-11(17)5-3-10)14(23)21(15(24)19-16)9-13(22)20-7-6-12(18)8-20;/h2-5,12H,6-9,18H2,1H3,(H,19,24);1H/t12-,16?;/m1./s1. The number of likely N-dealkylation sites (tertiary alicyclic amines) is 1. The molecule has 136 valence electrons. The van der Waals surface area contributed by atoms with E-state index in [4.69, 9.17) is 5.73 Å². The number of imide groups is 1. The zero-order valence-electron chi connectivity index (χ0n) is 13.7. The van der Waals surface area contributed by atoms with Crippen molar-refractivity contribution in [3.8, 4) is 0 Å². The van der Waals surface area contributed by atoms with Crippen LogP contribution in [-0.2, 0) is 15.1 Å². The molecule has 0 aromatic heterocycles. The average molecular weight is 371 g/mol. The van der Waals surface area contributed by atoms with Gasteiger partial charge in [-0.2, -0.15) is 0 Å². The molecule has 25 heavy (non-hydrogen) atoms. The maximum atomic E-state index is 13.1. The minimum Gasteiger partial charge on any atom is -0.340 e. The van der Waals surface area contributed by atoms with Gasteiger partial charge < -0.3 is 16.0 Å². The topological polar surface area (TPSA) is 95.7 Å². The number of nitrogens with zero attached hydrogens (tertiary/aromatic N) is 2. The lowest BCUT2D eigenvalue weighted by Gasteiger charge is -2.23. The van der Waals surface area contributed by atoms with E-state index in [1.807, 2.05) is 0 Å². The number of benzene rings is 1. The number of urea groups is 1. The molecule has 2 saturated heterocycles. The van der Waals surface area contributed by atoms with Crippen LogP contribution < -0.4 is 11.1 Å². The molecule has 4 amide bonds. The van der Waals surface area contributed by atoms with E-state index in [1.165, 1.54) is 31.2 Å². The van der Waals surface area contributed by atoms with Gasteiger partial charge in [-0.05, 0) is 31.0 Å². The van der Waals surface area contributed by atoms with E-state index in [2.05, 4.69) is 5.32 Å². The van der Waals surface area contributed by atoms with E-state index in [9.17, 15) is 18.8 Å². The molecule has 0 bridgehead atoms. The normalized spacial score (nSPS) is 25.8. The van der Waals surface area contributed by atoms with E-state index in [0.29, 0.717) is 25.1 Å². The van der Waals surface area contributed by atoms with Gasteiger partial charge in [0.25, 0.3) is 5.91 Å². The Morgan fingerprint density at radius 2 is 2.00 bits per heavy atom. The number of carbonyl (C=O) groups excluding carboxylic acids is 3. The van der Waals surface area contributed by atoms with Gasteiger partial charge in [-0.15, -0.1) is 12.4 Å². The van der Waals surface area contributed by atoms with Gasteiger partial charge in [-0.25, -0.2) is 9.18 Å². The molecule has 2 fully saturated rings. The van der Waals surface area contributed by atoms with Crippen molar-refractivity contribution in [2.24, 2.45) is 5.73 Å². The number of carbonyl (C=O) groups is 3. The highest BCUT2D eigenvalue weighted by Crippen LogP contribution is 2.29. The van der Waals surface area contributed by atoms with Gasteiger partial charge in [0.1, 0.15) is 17.9 Å². The molecule has 0 aliphatic carbocycles. The first kappa shape index (κ1) is 19.1. The van der Waals surface area contributed by atoms with Gasteiger partial charge in [-0.1, -0.05) is 12.1 Å². The summed E-state index contributed by atoms with van der Waals surface area (Å²) < 4.78 is 13.1. The number of nitrogens with one attached hydrogen (secondary N) is 1. The third-order valence-corrected chi connectivity index (χ3v) is 4.57. The molecule has 0 spiro atoms. The molecule has 2 aliphatic heterocycles. The number of hydrogen-bond donors (Lipinski definition) is 2. The minimum atomic E-state index is -1.31. The SMILES string of the molecule is CC1(c2ccc(F)cc2)NC(=O)N(CC(=O)N2CC[C@@H](N)C2)C1=O.Cl. The highest BCUT2D eigenvalue weighted by molar-refractivity contribution is 6.09. The first-order chi connectivity index (χ1) is 11.3. The largest absolute Gasteiger partial charge is 0.340 e. The van der Waals surface area contributed by atoms with Crippen molar-refractivity contribution in [2.45, 2.75) is 24.9 Å². The summed E-state index contributed by atoms with van der Waals surface area (Å²) in [5, 5.41) is 2.59. The van der Waals surface area contributed by atoms with Crippen LogP contribution in [0.2, 0.25) is 0 Å². The van der Waals surface area contributed by atoms with E-state index in [0.717, 1.165) is 4.90 Å². The van der Waals surface area contributed by atoms with Crippen molar-refractivity contribution in [3.05, 3.63) is 35.6 Å². The minimum absolute atomic E-state index is 0. The van der Waals surface area contributed by atoms with Crippen molar-refractivity contribution >= 4 is 30.3 Å². The first-order valence-electron chi connectivity index (χ1n) is 7.75. The molecule has 3 N–H and O–H groups in total. The molecule has 1 aromatic carbocycles. The summed E-state index contributed by atoms with van der Waals surface area (Å²) in [6, 6.07) is 4.63. The fourth-order valence-electron chi connectivity index (χ4n) is 3.07. The third-order valence-electron chi connectivity index (χ3n) is 4.57. The molecule has 2 aliphatic rings. The molecule has 9 heteroatoms. The predicted octanol–water partition coefficient (Wildman–Crippen LogP) is 0.574. The molecule has 7 nitrogen and oxygen atoms in total. The molecular weight excluding hydrogens is 351 g/mol. The highest BCUT2D eigenvalue weighted by Gasteiger charge is 2.49. The van der Waals surface area contributed by atoms with E-state index in [1.54, 1.807) is 4.90 Å². The number of hydrogen-bond acceptors (Lipinski definition) is 4. The maximum absolute atomic E-state index is 13.1. The van der Waals surface area contributed by atoms with Gasteiger partial charge in [0.2, 0.25) is 5.91 Å². The van der Waals surface area contributed by atoms with Crippen LogP contribution in [0, 0.1) is 5.82 Å². The second kappa shape index (κ2) is 6.97. The monoisotopic (exact) mass is 370 g/mol. The summed E-state index contributed by atoms with van der Waals surface area (Å²) >= 11 is 0. The van der Waals surface area contributed by atoms with Crippen LogP contribution in [0.15, 0.2) is 24.3 Å². The Morgan fingerprint density at radius 3 is 2.56 bits per heavy atom. The Bertz CT molecular complexity index is 699. The van der Waals surface area contributed by atoms with Gasteiger partial charge in [0, 0.05) is 19.1 Å². The summed E-state index contributed by atoms with van der Waals surface area (Å²) in [6.45, 7) is 2.17. The smallest absolute Gasteiger partial charge is 0.325 e. The molecule has 2 atom stereocenters. The second-order valence-electron chi connectivity index (χ2n) is 6.34. The lowest BCUT2D eigenvalue weighted by molar-refractivity contribution is -0.138. The van der Waals surface area contributed by atoms with E-state index < -0.39 is 23.3 Å². The number of halogens is 2. The van der Waals surface area contributed by atoms with Crippen LogP contribution in [-0.4, -0.2) is 53.3 Å². The Morgan fingerprint density at radius 1 is 1.36 bits per heavy atom. The lowest BCUT2D eigenvalue weighted by atomic mass is 9.92. The summed E-state index contributed by atoms with van der Waals surface area (Å²) in [5.41, 5.74) is 4.92. The van der Waals surface area contributed by atoms with Crippen molar-refractivity contribution in [1.29, 1.82) is 0 Å². The zero-order chi connectivity index (χ0) is 17.5. The summed E-state index contributed by atoms with van der Waals surface area (Å²) in [4.78, 5) is 39.6. The third kappa shape index (κ3) is 3.45. The Labute approximate surface area is 150 Å². The predicted molar refractivity (Wildman–Crippen MR) is 90.4 cm³/mol. The maximum Gasteiger partial charge on any atom is 0.325 e. The molecular formula is C16H20ClFN4O3. The Hall–Kier alpha value is -2.19. The fraction of sp³-hybridized carbons (Fsp3) is 0.438. The quantitative estimate of drug-likeness (QED) is 0.760. The zero-order valence-corrected chi connectivity index (χ0v) is 14.5. The Kier molecular flexibility index (Phi) is 5.34. The number of rotatable bonds is 3. The van der Waals surface area contributed by atoms with Gasteiger partial charge in [0.15, 0.2) is 0 Å². The molecule has 1 unspecified atom stereocenters. The molecule has 2 heterocycles. The Balaban J connectivity index is 0.00000225. The lowest BCUT2D eigenvalue weighted by Crippen LogP contribution is -2.44. The van der Waals surface area contributed by atoms with Crippen LogP contribution in [0.25, 0.3) is 0 Å². The summed E-state index contributed by atoms with van der Waals surface area (Å²) in [6.07, 6.45) is 0.708. The highest BCUT2D eigenvalue weighted by atomic mass is 35.5. The van der Waals surface area contributed by atoms with Gasteiger partial charge in [0.05, 0.1) is 0 Å². The molecule has 3 rings (SSSR count).